The number of thiazole rings is 1. The summed E-state index contributed by atoms with van der Waals surface area (Å²) in [4.78, 5) is 43.1. The minimum atomic E-state index is -4.09. The Balaban J connectivity index is 1.49. The number of rotatable bonds is 8. The minimum Gasteiger partial charge on any atom is -0.462 e. The molecule has 2 aromatic heterocycles. The number of carbonyl (C=O) groups excluding carboxylic acids is 3. The molecule has 0 spiro atoms. The number of esters is 1. The van der Waals surface area contributed by atoms with Crippen molar-refractivity contribution < 1.29 is 27.5 Å². The van der Waals surface area contributed by atoms with E-state index >= 15 is 0 Å². The van der Waals surface area contributed by atoms with E-state index < -0.39 is 39.1 Å². The molecule has 36 heavy (non-hydrogen) atoms. The smallest absolute Gasteiger partial charge is 0.341 e. The summed E-state index contributed by atoms with van der Waals surface area (Å²) >= 11 is 2.58. The predicted octanol–water partition coefficient (Wildman–Crippen LogP) is 3.24. The standard InChI is InChI=1S/C24H27N3O6S3/c1-4-27-16-10-9-14(3)11-18(16)35-24(27)26-20(29)13-36(31,32)12-19(28)25-22-21(23(30)33-5-2)15-7-6-8-17(15)34-22/h9-11H,4-8,12-13H2,1-3H3,(H,25,28). The summed E-state index contributed by atoms with van der Waals surface area (Å²) in [5.74, 6) is -3.96. The molecule has 12 heteroatoms. The lowest BCUT2D eigenvalue weighted by atomic mass is 10.1. The van der Waals surface area contributed by atoms with Gasteiger partial charge in [-0.3, -0.25) is 9.59 Å². The summed E-state index contributed by atoms with van der Waals surface area (Å²) in [6.07, 6.45) is 2.42. The Morgan fingerprint density at radius 2 is 1.92 bits per heavy atom. The maximum atomic E-state index is 12.6. The molecule has 1 aliphatic carbocycles. The third-order valence-corrected chi connectivity index (χ3v) is 9.36. The first-order valence-electron chi connectivity index (χ1n) is 11.6. The Kier molecular flexibility index (Phi) is 7.76. The summed E-state index contributed by atoms with van der Waals surface area (Å²) < 4.78 is 33.2. The van der Waals surface area contributed by atoms with Gasteiger partial charge in [0.25, 0.3) is 5.91 Å². The van der Waals surface area contributed by atoms with Crippen molar-refractivity contribution >= 4 is 65.5 Å². The second-order valence-electron chi connectivity index (χ2n) is 8.47. The Morgan fingerprint density at radius 3 is 2.64 bits per heavy atom. The number of carbonyl (C=O) groups is 3. The largest absolute Gasteiger partial charge is 0.462 e. The van der Waals surface area contributed by atoms with Crippen LogP contribution in [0.1, 0.15) is 46.6 Å². The molecule has 0 atom stereocenters. The topological polar surface area (TPSA) is 124 Å². The van der Waals surface area contributed by atoms with E-state index in [-0.39, 0.29) is 6.61 Å². The van der Waals surface area contributed by atoms with E-state index in [1.54, 1.807) is 6.92 Å². The number of aryl methyl sites for hydroxylation is 3. The fourth-order valence-electron chi connectivity index (χ4n) is 4.22. The molecule has 0 saturated carbocycles. The average Bonchev–Trinajstić information content (AvgIpc) is 3.44. The van der Waals surface area contributed by atoms with Crippen LogP contribution >= 0.6 is 22.7 Å². The van der Waals surface area contributed by atoms with E-state index in [4.69, 9.17) is 4.74 Å². The Morgan fingerprint density at radius 1 is 1.14 bits per heavy atom. The molecule has 3 aromatic rings. The summed E-state index contributed by atoms with van der Waals surface area (Å²) in [7, 11) is -4.09. The van der Waals surface area contributed by atoms with Crippen molar-refractivity contribution in [3.63, 3.8) is 0 Å². The summed E-state index contributed by atoms with van der Waals surface area (Å²) in [6.45, 7) is 6.33. The number of sulfone groups is 1. The van der Waals surface area contributed by atoms with Crippen LogP contribution in [-0.4, -0.2) is 48.9 Å². The van der Waals surface area contributed by atoms with Crippen LogP contribution in [-0.2, 0) is 43.5 Å². The quantitative estimate of drug-likeness (QED) is 0.430. The van der Waals surface area contributed by atoms with E-state index in [1.807, 2.05) is 36.6 Å². The SMILES string of the molecule is CCOC(=O)c1c(NC(=O)CS(=O)(=O)CC(=O)N=c2sc3cc(C)ccc3n2CC)sc2c1CCC2. The van der Waals surface area contributed by atoms with Crippen LogP contribution in [0.3, 0.4) is 0 Å². The number of hydrogen-bond acceptors (Lipinski definition) is 8. The van der Waals surface area contributed by atoms with Gasteiger partial charge in [-0.2, -0.15) is 4.99 Å². The number of aromatic nitrogens is 1. The fourth-order valence-corrected chi connectivity index (χ4v) is 7.74. The van der Waals surface area contributed by atoms with Gasteiger partial charge < -0.3 is 14.6 Å². The second-order valence-corrected chi connectivity index (χ2v) is 12.6. The molecular weight excluding hydrogens is 522 g/mol. The molecule has 2 heterocycles. The van der Waals surface area contributed by atoms with Gasteiger partial charge in [-0.15, -0.1) is 11.3 Å². The molecule has 0 fully saturated rings. The minimum absolute atomic E-state index is 0.189. The van der Waals surface area contributed by atoms with Crippen LogP contribution in [0.15, 0.2) is 23.2 Å². The summed E-state index contributed by atoms with van der Waals surface area (Å²) in [6, 6.07) is 5.90. The van der Waals surface area contributed by atoms with E-state index in [0.717, 1.165) is 39.1 Å². The van der Waals surface area contributed by atoms with Crippen LogP contribution < -0.4 is 10.1 Å². The van der Waals surface area contributed by atoms with Crippen molar-refractivity contribution in [1.82, 2.24) is 4.57 Å². The normalized spacial score (nSPS) is 13.7. The number of anilines is 1. The monoisotopic (exact) mass is 549 g/mol. The van der Waals surface area contributed by atoms with Crippen molar-refractivity contribution in [2.75, 3.05) is 23.4 Å². The zero-order valence-corrected chi connectivity index (χ0v) is 22.7. The highest BCUT2D eigenvalue weighted by Gasteiger charge is 2.29. The first-order chi connectivity index (χ1) is 17.1. The molecule has 2 amide bonds. The van der Waals surface area contributed by atoms with Crippen molar-refractivity contribution in [3.8, 4) is 0 Å². The third-order valence-electron chi connectivity index (χ3n) is 5.72. The average molecular weight is 550 g/mol. The third kappa shape index (κ3) is 5.60. The van der Waals surface area contributed by atoms with Gasteiger partial charge in [0, 0.05) is 11.4 Å². The van der Waals surface area contributed by atoms with Crippen molar-refractivity contribution in [1.29, 1.82) is 0 Å². The number of nitrogens with zero attached hydrogens (tertiary/aromatic N) is 2. The molecule has 0 bridgehead atoms. The van der Waals surface area contributed by atoms with Gasteiger partial charge in [0.05, 0.1) is 22.4 Å². The van der Waals surface area contributed by atoms with Crippen LogP contribution in [0, 0.1) is 6.92 Å². The zero-order valence-electron chi connectivity index (χ0n) is 20.3. The van der Waals surface area contributed by atoms with Gasteiger partial charge in [-0.05, 0) is 63.3 Å². The number of amides is 2. The lowest BCUT2D eigenvalue weighted by molar-refractivity contribution is -0.115. The molecular formula is C24H27N3O6S3. The zero-order chi connectivity index (χ0) is 26.0. The van der Waals surface area contributed by atoms with Gasteiger partial charge >= 0.3 is 5.97 Å². The molecule has 0 saturated heterocycles. The number of benzene rings is 1. The van der Waals surface area contributed by atoms with E-state index in [2.05, 4.69) is 10.3 Å². The van der Waals surface area contributed by atoms with E-state index in [1.165, 1.54) is 22.7 Å². The molecule has 1 N–H and O–H groups in total. The number of hydrogen-bond donors (Lipinski definition) is 1. The van der Waals surface area contributed by atoms with Gasteiger partial charge in [0.1, 0.15) is 16.5 Å². The summed E-state index contributed by atoms with van der Waals surface area (Å²) in [5, 5.41) is 2.85. The molecule has 0 unspecified atom stereocenters. The van der Waals surface area contributed by atoms with Crippen LogP contribution in [0.25, 0.3) is 10.2 Å². The molecule has 192 valence electrons. The summed E-state index contributed by atoms with van der Waals surface area (Å²) in [5.41, 5.74) is 3.14. The van der Waals surface area contributed by atoms with Gasteiger partial charge in [0.15, 0.2) is 14.6 Å². The molecule has 0 aliphatic heterocycles. The molecule has 9 nitrogen and oxygen atoms in total. The Hall–Kier alpha value is -2.83. The molecule has 4 rings (SSSR count). The van der Waals surface area contributed by atoms with Crippen molar-refractivity contribution in [2.45, 2.75) is 46.6 Å². The number of thiophene rings is 1. The Labute approximate surface area is 216 Å². The number of nitrogens with one attached hydrogen (secondary N) is 1. The number of ether oxygens (including phenoxy) is 1. The second kappa shape index (κ2) is 10.7. The van der Waals surface area contributed by atoms with Gasteiger partial charge in [-0.25, -0.2) is 13.2 Å². The lowest BCUT2D eigenvalue weighted by Gasteiger charge is -2.08. The van der Waals surface area contributed by atoms with Gasteiger partial charge in [0.2, 0.25) is 5.91 Å². The predicted molar refractivity (Wildman–Crippen MR) is 140 cm³/mol. The highest BCUT2D eigenvalue weighted by molar-refractivity contribution is 7.92. The first-order valence-corrected chi connectivity index (χ1v) is 15.1. The van der Waals surface area contributed by atoms with E-state index in [0.29, 0.717) is 28.3 Å². The Bertz CT molecular complexity index is 1530. The van der Waals surface area contributed by atoms with Crippen molar-refractivity contribution in [3.05, 3.63) is 44.6 Å². The van der Waals surface area contributed by atoms with Crippen LogP contribution in [0.4, 0.5) is 5.00 Å². The van der Waals surface area contributed by atoms with Gasteiger partial charge in [-0.1, -0.05) is 17.4 Å². The number of fused-ring (bicyclic) bond motifs is 2. The van der Waals surface area contributed by atoms with Crippen LogP contribution in [0.5, 0.6) is 0 Å². The lowest BCUT2D eigenvalue weighted by Crippen LogP contribution is -2.28. The first kappa shape index (κ1) is 26.2. The van der Waals surface area contributed by atoms with E-state index in [9.17, 15) is 22.8 Å². The highest BCUT2D eigenvalue weighted by atomic mass is 32.2. The maximum absolute atomic E-state index is 12.6. The maximum Gasteiger partial charge on any atom is 0.341 e. The van der Waals surface area contributed by atoms with Crippen LogP contribution in [0.2, 0.25) is 0 Å². The fraction of sp³-hybridized carbons (Fsp3) is 0.417. The molecule has 1 aliphatic rings. The molecule has 1 aromatic carbocycles. The highest BCUT2D eigenvalue weighted by Crippen LogP contribution is 2.39. The molecule has 0 radical (unpaired) electrons. The van der Waals surface area contributed by atoms with Crippen molar-refractivity contribution in [2.24, 2.45) is 4.99 Å².